The van der Waals surface area contributed by atoms with Crippen molar-refractivity contribution >= 4 is 12.3 Å². The van der Waals surface area contributed by atoms with Gasteiger partial charge in [-0.3, -0.25) is 14.9 Å². The fraction of sp³-hybridized carbons (Fsp3) is 0.368. The maximum atomic E-state index is 11.9. The number of benzene rings is 1. The van der Waals surface area contributed by atoms with Crippen molar-refractivity contribution in [3.63, 3.8) is 0 Å². The zero-order chi connectivity index (χ0) is 17.7. The van der Waals surface area contributed by atoms with Crippen molar-refractivity contribution in [1.29, 1.82) is 0 Å². The second kappa shape index (κ2) is 7.53. The molecule has 1 saturated carbocycles. The van der Waals surface area contributed by atoms with Gasteiger partial charge < -0.3 is 15.6 Å². The van der Waals surface area contributed by atoms with Crippen LogP contribution in [0, 0.1) is 5.92 Å². The van der Waals surface area contributed by atoms with Gasteiger partial charge in [-0.1, -0.05) is 30.3 Å². The molecule has 0 spiro atoms. The second-order valence-electron chi connectivity index (χ2n) is 6.71. The first-order chi connectivity index (χ1) is 12.1. The molecule has 6 nitrogen and oxygen atoms in total. The van der Waals surface area contributed by atoms with Gasteiger partial charge in [0.15, 0.2) is 0 Å². The van der Waals surface area contributed by atoms with Crippen molar-refractivity contribution in [3.05, 3.63) is 60.4 Å². The predicted octanol–water partition coefficient (Wildman–Crippen LogP) is 1.55. The number of carbonyl (C=O) groups is 2. The standard InChI is InChI=1S/C19H24N4O2/c20-18(25)16-10-17(23-8-4-5-9-23)12-19(11-16,22-14-24)21-13-15-6-2-1-3-7-15/h1-9,14,16-17,21H,10-13H2,(H2,20,25)(H,22,24). The Morgan fingerprint density at radius 1 is 1.20 bits per heavy atom. The normalized spacial score (nSPS) is 26.1. The Hall–Kier alpha value is -2.60. The molecular weight excluding hydrogens is 316 g/mol. The summed E-state index contributed by atoms with van der Waals surface area (Å²) in [5.74, 6) is -0.618. The number of nitrogens with zero attached hydrogens (tertiary/aromatic N) is 1. The van der Waals surface area contributed by atoms with Gasteiger partial charge in [-0.05, 0) is 30.5 Å². The molecule has 4 N–H and O–H groups in total. The number of hydrogen-bond acceptors (Lipinski definition) is 3. The Labute approximate surface area is 147 Å². The summed E-state index contributed by atoms with van der Waals surface area (Å²) >= 11 is 0. The molecule has 0 radical (unpaired) electrons. The fourth-order valence-electron chi connectivity index (χ4n) is 3.73. The quantitative estimate of drug-likeness (QED) is 0.528. The number of rotatable bonds is 7. The highest BCUT2D eigenvalue weighted by atomic mass is 16.1. The van der Waals surface area contributed by atoms with E-state index in [1.165, 1.54) is 0 Å². The minimum Gasteiger partial charge on any atom is -0.369 e. The number of carbonyl (C=O) groups excluding carboxylic acids is 2. The van der Waals surface area contributed by atoms with E-state index in [1.54, 1.807) is 0 Å². The molecule has 1 aromatic heterocycles. The van der Waals surface area contributed by atoms with Crippen molar-refractivity contribution in [2.45, 2.75) is 37.5 Å². The molecule has 0 aliphatic heterocycles. The molecular formula is C19H24N4O2. The van der Waals surface area contributed by atoms with Crippen LogP contribution in [-0.2, 0) is 16.1 Å². The molecule has 1 fully saturated rings. The monoisotopic (exact) mass is 340 g/mol. The Morgan fingerprint density at radius 3 is 2.56 bits per heavy atom. The van der Waals surface area contributed by atoms with Crippen molar-refractivity contribution in [2.24, 2.45) is 11.7 Å². The maximum absolute atomic E-state index is 11.9. The number of nitrogens with two attached hydrogens (primary N) is 1. The zero-order valence-corrected chi connectivity index (χ0v) is 14.1. The van der Waals surface area contributed by atoms with Crippen molar-refractivity contribution in [2.75, 3.05) is 0 Å². The van der Waals surface area contributed by atoms with E-state index in [-0.39, 0.29) is 17.9 Å². The second-order valence-corrected chi connectivity index (χ2v) is 6.71. The molecule has 2 amide bonds. The summed E-state index contributed by atoms with van der Waals surface area (Å²) in [5, 5.41) is 6.40. The highest BCUT2D eigenvalue weighted by molar-refractivity contribution is 5.77. The minimum absolute atomic E-state index is 0.0944. The summed E-state index contributed by atoms with van der Waals surface area (Å²) in [6.07, 6.45) is 6.53. The first-order valence-corrected chi connectivity index (χ1v) is 8.54. The first kappa shape index (κ1) is 17.2. The van der Waals surface area contributed by atoms with Crippen LogP contribution in [0.3, 0.4) is 0 Å². The summed E-state index contributed by atoms with van der Waals surface area (Å²) in [4.78, 5) is 23.2. The molecule has 1 heterocycles. The Balaban J connectivity index is 1.83. The molecule has 0 bridgehead atoms. The highest BCUT2D eigenvalue weighted by Gasteiger charge is 2.42. The minimum atomic E-state index is -0.662. The summed E-state index contributed by atoms with van der Waals surface area (Å²) < 4.78 is 2.08. The smallest absolute Gasteiger partial charge is 0.220 e. The fourth-order valence-corrected chi connectivity index (χ4v) is 3.73. The van der Waals surface area contributed by atoms with Gasteiger partial charge in [-0.25, -0.2) is 0 Å². The van der Waals surface area contributed by atoms with Gasteiger partial charge in [0.1, 0.15) is 0 Å². The lowest BCUT2D eigenvalue weighted by atomic mass is 9.77. The van der Waals surface area contributed by atoms with E-state index >= 15 is 0 Å². The van der Waals surface area contributed by atoms with Crippen LogP contribution < -0.4 is 16.4 Å². The SMILES string of the molecule is NC(=O)C1CC(n2cccc2)CC(NC=O)(NCc2ccccc2)C1. The highest BCUT2D eigenvalue weighted by Crippen LogP contribution is 2.37. The van der Waals surface area contributed by atoms with Crippen molar-refractivity contribution in [3.8, 4) is 0 Å². The Morgan fingerprint density at radius 2 is 1.92 bits per heavy atom. The van der Waals surface area contributed by atoms with E-state index in [0.29, 0.717) is 32.2 Å². The van der Waals surface area contributed by atoms with Crippen LogP contribution >= 0.6 is 0 Å². The molecule has 1 aromatic carbocycles. The van der Waals surface area contributed by atoms with Gasteiger partial charge in [0.2, 0.25) is 12.3 Å². The van der Waals surface area contributed by atoms with Crippen LogP contribution in [0.1, 0.15) is 30.9 Å². The molecule has 6 heteroatoms. The number of nitrogens with one attached hydrogen (secondary N) is 2. The number of primary amides is 1. The molecule has 0 saturated heterocycles. The van der Waals surface area contributed by atoms with Crippen molar-refractivity contribution < 1.29 is 9.59 Å². The topological polar surface area (TPSA) is 89.2 Å². The number of aromatic nitrogens is 1. The molecule has 1 aliphatic rings. The van der Waals surface area contributed by atoms with Crippen LogP contribution in [0.4, 0.5) is 0 Å². The molecule has 25 heavy (non-hydrogen) atoms. The van der Waals surface area contributed by atoms with Gasteiger partial charge in [-0.2, -0.15) is 0 Å². The predicted molar refractivity (Wildman–Crippen MR) is 95.2 cm³/mol. The Kier molecular flexibility index (Phi) is 5.19. The Bertz CT molecular complexity index is 701. The van der Waals surface area contributed by atoms with Gasteiger partial charge in [-0.15, -0.1) is 0 Å². The third-order valence-corrected chi connectivity index (χ3v) is 5.00. The van der Waals surface area contributed by atoms with Gasteiger partial charge >= 0.3 is 0 Å². The molecule has 132 valence electrons. The molecule has 3 atom stereocenters. The lowest BCUT2D eigenvalue weighted by Crippen LogP contribution is -2.61. The van der Waals surface area contributed by atoms with E-state index in [1.807, 2.05) is 54.9 Å². The maximum Gasteiger partial charge on any atom is 0.220 e. The van der Waals surface area contributed by atoms with Crippen LogP contribution in [0.25, 0.3) is 0 Å². The van der Waals surface area contributed by atoms with Crippen LogP contribution in [0.5, 0.6) is 0 Å². The summed E-state index contributed by atoms with van der Waals surface area (Å²) in [5.41, 5.74) is 6.07. The molecule has 3 rings (SSSR count). The van der Waals surface area contributed by atoms with E-state index in [4.69, 9.17) is 5.73 Å². The molecule has 1 aliphatic carbocycles. The van der Waals surface area contributed by atoms with E-state index in [2.05, 4.69) is 15.2 Å². The van der Waals surface area contributed by atoms with E-state index in [9.17, 15) is 9.59 Å². The number of amides is 2. The van der Waals surface area contributed by atoms with Crippen LogP contribution in [-0.4, -0.2) is 22.5 Å². The summed E-state index contributed by atoms with van der Waals surface area (Å²) in [7, 11) is 0. The summed E-state index contributed by atoms with van der Waals surface area (Å²) in [6, 6.07) is 14.0. The number of hydrogen-bond donors (Lipinski definition) is 3. The van der Waals surface area contributed by atoms with Gasteiger partial charge in [0, 0.05) is 37.3 Å². The van der Waals surface area contributed by atoms with Crippen LogP contribution in [0.2, 0.25) is 0 Å². The average Bonchev–Trinajstić information content (AvgIpc) is 3.16. The third-order valence-electron chi connectivity index (χ3n) is 5.00. The molecule has 3 unspecified atom stereocenters. The lowest BCUT2D eigenvalue weighted by molar-refractivity contribution is -0.125. The van der Waals surface area contributed by atoms with Crippen molar-refractivity contribution in [1.82, 2.24) is 15.2 Å². The van der Waals surface area contributed by atoms with Crippen LogP contribution in [0.15, 0.2) is 54.9 Å². The van der Waals surface area contributed by atoms with E-state index < -0.39 is 5.66 Å². The van der Waals surface area contributed by atoms with E-state index in [0.717, 1.165) is 5.56 Å². The average molecular weight is 340 g/mol. The lowest BCUT2D eigenvalue weighted by Gasteiger charge is -2.44. The molecule has 2 aromatic rings. The summed E-state index contributed by atoms with van der Waals surface area (Å²) in [6.45, 7) is 0.603. The van der Waals surface area contributed by atoms with Gasteiger partial charge in [0.05, 0.1) is 5.66 Å². The zero-order valence-electron chi connectivity index (χ0n) is 14.1. The largest absolute Gasteiger partial charge is 0.369 e. The first-order valence-electron chi connectivity index (χ1n) is 8.54. The van der Waals surface area contributed by atoms with Gasteiger partial charge in [0.25, 0.3) is 0 Å². The third kappa shape index (κ3) is 4.09.